The van der Waals surface area contributed by atoms with Gasteiger partial charge in [-0.3, -0.25) is 4.79 Å². The van der Waals surface area contributed by atoms with E-state index in [4.69, 9.17) is 14.2 Å². The minimum atomic E-state index is -0.327. The maximum absolute atomic E-state index is 13.0. The maximum Gasteiger partial charge on any atom is 0.267 e. The maximum atomic E-state index is 13.0. The van der Waals surface area contributed by atoms with E-state index in [9.17, 15) is 9.18 Å². The molecule has 0 radical (unpaired) electrons. The number of methoxy groups -OCH3 is 1. The molecule has 3 aromatic rings. The number of thiazole rings is 1. The zero-order valence-electron chi connectivity index (χ0n) is 16.3. The smallest absolute Gasteiger partial charge is 0.267 e. The van der Waals surface area contributed by atoms with E-state index in [0.717, 1.165) is 0 Å². The summed E-state index contributed by atoms with van der Waals surface area (Å²) in [5.74, 6) is 1.10. The third kappa shape index (κ3) is 5.23. The Morgan fingerprint density at radius 2 is 1.90 bits per heavy atom. The number of ether oxygens (including phenoxy) is 3. The molecule has 1 aromatic heterocycles. The van der Waals surface area contributed by atoms with Crippen molar-refractivity contribution in [1.29, 1.82) is 0 Å². The molecule has 3 rings (SSSR count). The molecule has 0 saturated carbocycles. The van der Waals surface area contributed by atoms with Gasteiger partial charge in [0, 0.05) is 11.8 Å². The number of hydrogen-bond donors (Lipinski definition) is 1. The van der Waals surface area contributed by atoms with Crippen LogP contribution in [-0.4, -0.2) is 24.6 Å². The molecule has 0 atom stereocenters. The molecule has 0 aliphatic carbocycles. The van der Waals surface area contributed by atoms with E-state index < -0.39 is 0 Å². The van der Waals surface area contributed by atoms with Crippen molar-refractivity contribution in [1.82, 2.24) is 4.98 Å². The number of amides is 1. The first-order chi connectivity index (χ1) is 14.0. The first-order valence-electron chi connectivity index (χ1n) is 8.97. The average Bonchev–Trinajstić information content (AvgIpc) is 3.09. The molecule has 0 spiro atoms. The molecule has 2 aromatic carbocycles. The molecule has 1 amide bonds. The lowest BCUT2D eigenvalue weighted by atomic mass is 10.2. The molecule has 8 heteroatoms. The predicted molar refractivity (Wildman–Crippen MR) is 110 cm³/mol. The van der Waals surface area contributed by atoms with Gasteiger partial charge < -0.3 is 19.5 Å². The number of aryl methyl sites for hydroxylation is 1. The molecule has 0 aliphatic rings. The van der Waals surface area contributed by atoms with Crippen LogP contribution in [0.2, 0.25) is 0 Å². The van der Waals surface area contributed by atoms with Crippen LogP contribution in [0.3, 0.4) is 0 Å². The lowest BCUT2D eigenvalue weighted by Crippen LogP contribution is -2.11. The van der Waals surface area contributed by atoms with Gasteiger partial charge in [0.1, 0.15) is 28.1 Å². The van der Waals surface area contributed by atoms with E-state index in [1.165, 1.54) is 23.5 Å². The van der Waals surface area contributed by atoms with Crippen LogP contribution in [0.15, 0.2) is 42.5 Å². The molecule has 29 heavy (non-hydrogen) atoms. The summed E-state index contributed by atoms with van der Waals surface area (Å²) in [4.78, 5) is 17.6. The Labute approximate surface area is 172 Å². The number of nitrogens with zero attached hydrogens (tertiary/aromatic N) is 1. The van der Waals surface area contributed by atoms with Crippen LogP contribution < -0.4 is 19.5 Å². The molecule has 152 valence electrons. The van der Waals surface area contributed by atoms with Gasteiger partial charge in [-0.15, -0.1) is 11.3 Å². The SMILES string of the molecule is CCOc1ccc(NC(=O)c2sc(COc3ccc(F)cc3)nc2C)cc1OC. The highest BCUT2D eigenvalue weighted by Gasteiger charge is 2.17. The summed E-state index contributed by atoms with van der Waals surface area (Å²) < 4.78 is 29.3. The third-order valence-corrected chi connectivity index (χ3v) is 5.07. The lowest BCUT2D eigenvalue weighted by molar-refractivity contribution is 0.103. The number of anilines is 1. The Hall–Kier alpha value is -3.13. The number of aromatic nitrogens is 1. The van der Waals surface area contributed by atoms with E-state index in [0.29, 0.717) is 45.1 Å². The van der Waals surface area contributed by atoms with Gasteiger partial charge in [-0.2, -0.15) is 0 Å². The average molecular weight is 416 g/mol. The van der Waals surface area contributed by atoms with Gasteiger partial charge in [0.15, 0.2) is 11.5 Å². The zero-order valence-corrected chi connectivity index (χ0v) is 17.1. The second-order valence-corrected chi connectivity index (χ2v) is 7.10. The van der Waals surface area contributed by atoms with Crippen molar-refractivity contribution >= 4 is 22.9 Å². The lowest BCUT2D eigenvalue weighted by Gasteiger charge is -2.11. The summed E-state index contributed by atoms with van der Waals surface area (Å²) in [6.07, 6.45) is 0. The fourth-order valence-electron chi connectivity index (χ4n) is 2.61. The van der Waals surface area contributed by atoms with Crippen molar-refractivity contribution in [3.05, 3.63) is 63.9 Å². The molecule has 0 aliphatic heterocycles. The first kappa shape index (κ1) is 20.6. The normalized spacial score (nSPS) is 10.5. The Morgan fingerprint density at radius 3 is 2.59 bits per heavy atom. The minimum Gasteiger partial charge on any atom is -0.493 e. The monoisotopic (exact) mass is 416 g/mol. The summed E-state index contributed by atoms with van der Waals surface area (Å²) in [5, 5.41) is 3.50. The number of carbonyl (C=O) groups excluding carboxylic acids is 1. The summed E-state index contributed by atoms with van der Waals surface area (Å²) in [6.45, 7) is 4.37. The van der Waals surface area contributed by atoms with Gasteiger partial charge in [-0.05, 0) is 50.2 Å². The number of nitrogens with one attached hydrogen (secondary N) is 1. The van der Waals surface area contributed by atoms with Gasteiger partial charge in [0.25, 0.3) is 5.91 Å². The van der Waals surface area contributed by atoms with Gasteiger partial charge in [-0.1, -0.05) is 0 Å². The van der Waals surface area contributed by atoms with Crippen LogP contribution in [0.1, 0.15) is 27.3 Å². The second-order valence-electron chi connectivity index (χ2n) is 6.02. The number of halogens is 1. The minimum absolute atomic E-state index is 0.196. The van der Waals surface area contributed by atoms with E-state index >= 15 is 0 Å². The summed E-state index contributed by atoms with van der Waals surface area (Å²) >= 11 is 1.25. The van der Waals surface area contributed by atoms with Crippen LogP contribution in [0.25, 0.3) is 0 Å². The summed E-state index contributed by atoms with van der Waals surface area (Å²) in [7, 11) is 1.55. The van der Waals surface area contributed by atoms with Gasteiger partial charge >= 0.3 is 0 Å². The molecular weight excluding hydrogens is 395 g/mol. The van der Waals surface area contributed by atoms with Crippen molar-refractivity contribution < 1.29 is 23.4 Å². The molecule has 0 saturated heterocycles. The standard InChI is InChI=1S/C21H21FN2O4S/c1-4-27-17-10-7-15(11-18(17)26-3)24-21(25)20-13(2)23-19(29-20)12-28-16-8-5-14(22)6-9-16/h5-11H,4,12H2,1-3H3,(H,24,25). The molecule has 0 fully saturated rings. The third-order valence-electron chi connectivity index (χ3n) is 3.94. The van der Waals surface area contributed by atoms with Crippen molar-refractivity contribution in [2.45, 2.75) is 20.5 Å². The van der Waals surface area contributed by atoms with Gasteiger partial charge in [-0.25, -0.2) is 9.37 Å². The van der Waals surface area contributed by atoms with Crippen LogP contribution in [0.5, 0.6) is 17.2 Å². The molecule has 0 unspecified atom stereocenters. The number of benzene rings is 2. The van der Waals surface area contributed by atoms with E-state index in [1.54, 1.807) is 44.4 Å². The van der Waals surface area contributed by atoms with Gasteiger partial charge in [0.05, 0.1) is 19.4 Å². The zero-order chi connectivity index (χ0) is 20.8. The fraction of sp³-hybridized carbons (Fsp3) is 0.238. The van der Waals surface area contributed by atoms with Crippen molar-refractivity contribution in [3.63, 3.8) is 0 Å². The number of hydrogen-bond acceptors (Lipinski definition) is 6. The Balaban J connectivity index is 1.67. The molecule has 1 N–H and O–H groups in total. The molecule has 1 heterocycles. The summed E-state index contributed by atoms with van der Waals surface area (Å²) in [6, 6.07) is 10.9. The van der Waals surface area contributed by atoms with Crippen LogP contribution in [-0.2, 0) is 6.61 Å². The van der Waals surface area contributed by atoms with Crippen LogP contribution in [0, 0.1) is 12.7 Å². The van der Waals surface area contributed by atoms with E-state index in [-0.39, 0.29) is 18.3 Å². The van der Waals surface area contributed by atoms with Crippen molar-refractivity contribution in [2.75, 3.05) is 19.0 Å². The molecule has 6 nitrogen and oxygen atoms in total. The number of rotatable bonds is 8. The molecule has 0 bridgehead atoms. The van der Waals surface area contributed by atoms with Gasteiger partial charge in [0.2, 0.25) is 0 Å². The second kappa shape index (κ2) is 9.38. The highest BCUT2D eigenvalue weighted by Crippen LogP contribution is 2.31. The molecular formula is C21H21FN2O4S. The van der Waals surface area contributed by atoms with Crippen molar-refractivity contribution in [2.24, 2.45) is 0 Å². The highest BCUT2D eigenvalue weighted by molar-refractivity contribution is 7.13. The predicted octanol–water partition coefficient (Wildman–Crippen LogP) is 4.83. The Bertz CT molecular complexity index is 989. The number of carbonyl (C=O) groups is 1. The quantitative estimate of drug-likeness (QED) is 0.570. The van der Waals surface area contributed by atoms with Crippen LogP contribution >= 0.6 is 11.3 Å². The topological polar surface area (TPSA) is 69.7 Å². The van der Waals surface area contributed by atoms with Crippen LogP contribution in [0.4, 0.5) is 10.1 Å². The van der Waals surface area contributed by atoms with Crippen molar-refractivity contribution in [3.8, 4) is 17.2 Å². The fourth-order valence-corrected chi connectivity index (χ4v) is 3.48. The largest absolute Gasteiger partial charge is 0.493 e. The Morgan fingerprint density at radius 1 is 1.14 bits per heavy atom. The van der Waals surface area contributed by atoms with E-state index in [1.807, 2.05) is 6.92 Å². The Kier molecular flexibility index (Phi) is 6.66. The first-order valence-corrected chi connectivity index (χ1v) is 9.78. The summed E-state index contributed by atoms with van der Waals surface area (Å²) in [5.41, 5.74) is 1.20. The van der Waals surface area contributed by atoms with E-state index in [2.05, 4.69) is 10.3 Å². The highest BCUT2D eigenvalue weighted by atomic mass is 32.1.